The van der Waals surface area contributed by atoms with Crippen LogP contribution in [-0.2, 0) is 0 Å². The number of aromatic amines is 1. The second kappa shape index (κ2) is 4.83. The van der Waals surface area contributed by atoms with Crippen molar-refractivity contribution in [1.29, 1.82) is 0 Å². The van der Waals surface area contributed by atoms with Gasteiger partial charge in [0, 0.05) is 42.3 Å². The number of hydrogen-bond donors (Lipinski definition) is 1. The second-order valence-electron chi connectivity index (χ2n) is 6.02. The quantitative estimate of drug-likeness (QED) is 0.360. The normalized spacial score (nSPS) is 11.7. The molecular weight excluding hydrogens is 310 g/mol. The lowest BCUT2D eigenvalue weighted by Crippen LogP contribution is -1.77. The fraction of sp³-hybridized carbons (Fsp3) is 0. The standard InChI is InChI=1S/C22H15NS/c1-3-14-18(4-2)23-19-10-9-13-11-21-17(12-16(13)22(14)19)15-7-5-6-8-20(15)24-21/h3-12,23H,1-2H2. The highest BCUT2D eigenvalue weighted by atomic mass is 32.1. The Bertz CT molecular complexity index is 1280. The third kappa shape index (κ3) is 1.69. The SMILES string of the molecule is C=Cc1[nH]c2ccc3cc4sc5ccccc5c4cc3c2c1C=C. The zero-order valence-corrected chi connectivity index (χ0v) is 13.9. The van der Waals surface area contributed by atoms with E-state index in [-0.39, 0.29) is 0 Å². The second-order valence-corrected chi connectivity index (χ2v) is 7.10. The molecule has 0 saturated carbocycles. The minimum absolute atomic E-state index is 1.03. The molecule has 5 rings (SSSR count). The number of thiophene rings is 1. The summed E-state index contributed by atoms with van der Waals surface area (Å²) in [6.45, 7) is 7.93. The van der Waals surface area contributed by atoms with Gasteiger partial charge in [-0.3, -0.25) is 0 Å². The molecule has 2 heterocycles. The molecule has 2 aromatic heterocycles. The number of rotatable bonds is 2. The first-order chi connectivity index (χ1) is 11.8. The molecule has 3 aromatic carbocycles. The third-order valence-corrected chi connectivity index (χ3v) is 5.89. The van der Waals surface area contributed by atoms with Gasteiger partial charge < -0.3 is 4.98 Å². The highest BCUT2D eigenvalue weighted by Crippen LogP contribution is 2.39. The molecule has 24 heavy (non-hydrogen) atoms. The van der Waals surface area contributed by atoms with Gasteiger partial charge in [-0.2, -0.15) is 0 Å². The van der Waals surface area contributed by atoms with Crippen LogP contribution in [0.5, 0.6) is 0 Å². The van der Waals surface area contributed by atoms with Gasteiger partial charge in [-0.1, -0.05) is 43.5 Å². The fourth-order valence-corrected chi connectivity index (χ4v) is 4.79. The Morgan fingerprint density at radius 1 is 0.833 bits per heavy atom. The Morgan fingerprint density at radius 3 is 2.54 bits per heavy atom. The van der Waals surface area contributed by atoms with E-state index in [1.54, 1.807) is 0 Å². The summed E-state index contributed by atoms with van der Waals surface area (Å²) in [7, 11) is 0. The highest BCUT2D eigenvalue weighted by Gasteiger charge is 2.12. The van der Waals surface area contributed by atoms with Crippen LogP contribution in [0.15, 0.2) is 61.7 Å². The summed E-state index contributed by atoms with van der Waals surface area (Å²) in [6.07, 6.45) is 3.78. The van der Waals surface area contributed by atoms with Crippen LogP contribution >= 0.6 is 11.3 Å². The predicted octanol–water partition coefficient (Wildman–Crippen LogP) is 6.98. The minimum atomic E-state index is 1.03. The Balaban J connectivity index is 2.04. The van der Waals surface area contributed by atoms with Gasteiger partial charge in [0.1, 0.15) is 0 Å². The van der Waals surface area contributed by atoms with Crippen molar-refractivity contribution in [3.8, 4) is 0 Å². The van der Waals surface area contributed by atoms with E-state index in [9.17, 15) is 0 Å². The van der Waals surface area contributed by atoms with Crippen molar-refractivity contribution in [2.45, 2.75) is 0 Å². The van der Waals surface area contributed by atoms with E-state index < -0.39 is 0 Å². The maximum absolute atomic E-state index is 4.01. The van der Waals surface area contributed by atoms with Gasteiger partial charge in [0.2, 0.25) is 0 Å². The van der Waals surface area contributed by atoms with Crippen molar-refractivity contribution in [3.63, 3.8) is 0 Å². The summed E-state index contributed by atoms with van der Waals surface area (Å²) in [4.78, 5) is 3.45. The van der Waals surface area contributed by atoms with Gasteiger partial charge in [-0.05, 0) is 41.1 Å². The molecule has 0 aliphatic heterocycles. The molecule has 0 unspecified atom stereocenters. The minimum Gasteiger partial charge on any atom is -0.355 e. The van der Waals surface area contributed by atoms with Crippen LogP contribution in [0, 0.1) is 0 Å². The maximum atomic E-state index is 4.01. The van der Waals surface area contributed by atoms with E-state index in [0.29, 0.717) is 0 Å². The van der Waals surface area contributed by atoms with E-state index in [2.05, 4.69) is 66.7 Å². The molecule has 0 spiro atoms. The van der Waals surface area contributed by atoms with Gasteiger partial charge in [0.15, 0.2) is 0 Å². The monoisotopic (exact) mass is 325 g/mol. The van der Waals surface area contributed by atoms with E-state index in [1.165, 1.54) is 36.3 Å². The van der Waals surface area contributed by atoms with Crippen LogP contribution in [0.2, 0.25) is 0 Å². The number of benzene rings is 3. The van der Waals surface area contributed by atoms with Crippen LogP contribution in [-0.4, -0.2) is 4.98 Å². The summed E-state index contributed by atoms with van der Waals surface area (Å²) in [6, 6.07) is 17.6. The van der Waals surface area contributed by atoms with Gasteiger partial charge in [0.25, 0.3) is 0 Å². The highest BCUT2D eigenvalue weighted by molar-refractivity contribution is 7.25. The zero-order valence-electron chi connectivity index (χ0n) is 13.1. The van der Waals surface area contributed by atoms with Crippen molar-refractivity contribution in [2.75, 3.05) is 0 Å². The zero-order chi connectivity index (χ0) is 16.3. The average Bonchev–Trinajstić information content (AvgIpc) is 3.17. The lowest BCUT2D eigenvalue weighted by atomic mass is 10.00. The number of nitrogens with one attached hydrogen (secondary N) is 1. The summed E-state index contributed by atoms with van der Waals surface area (Å²) in [5, 5.41) is 6.42. The first-order valence-corrected chi connectivity index (χ1v) is 8.76. The predicted molar refractivity (Wildman–Crippen MR) is 109 cm³/mol. The lowest BCUT2D eigenvalue weighted by Gasteiger charge is -2.03. The summed E-state index contributed by atoms with van der Waals surface area (Å²) in [5.41, 5.74) is 3.29. The molecular formula is C22H15NS. The molecule has 5 aromatic rings. The molecule has 0 aliphatic rings. The molecule has 2 heteroatoms. The summed E-state index contributed by atoms with van der Waals surface area (Å²) in [5.74, 6) is 0. The first kappa shape index (κ1) is 13.6. The van der Waals surface area contributed by atoms with Crippen LogP contribution in [0.1, 0.15) is 11.3 Å². The average molecular weight is 325 g/mol. The van der Waals surface area contributed by atoms with Crippen LogP contribution in [0.3, 0.4) is 0 Å². The van der Waals surface area contributed by atoms with Crippen molar-refractivity contribution in [3.05, 3.63) is 72.9 Å². The van der Waals surface area contributed by atoms with Crippen LogP contribution < -0.4 is 0 Å². The summed E-state index contributed by atoms with van der Waals surface area (Å²) < 4.78 is 2.67. The fourth-order valence-electron chi connectivity index (χ4n) is 3.66. The molecule has 0 amide bonds. The van der Waals surface area contributed by atoms with Gasteiger partial charge in [-0.15, -0.1) is 11.3 Å². The number of aromatic nitrogens is 1. The largest absolute Gasteiger partial charge is 0.355 e. The molecule has 0 saturated heterocycles. The Labute approximate surface area is 143 Å². The van der Waals surface area contributed by atoms with Gasteiger partial charge in [-0.25, -0.2) is 0 Å². The van der Waals surface area contributed by atoms with E-state index in [0.717, 1.165) is 16.8 Å². The van der Waals surface area contributed by atoms with Crippen molar-refractivity contribution in [2.24, 2.45) is 0 Å². The molecule has 0 aliphatic carbocycles. The van der Waals surface area contributed by atoms with Crippen molar-refractivity contribution < 1.29 is 0 Å². The number of fused-ring (bicyclic) bond motifs is 6. The maximum Gasteiger partial charge on any atom is 0.0471 e. The van der Waals surface area contributed by atoms with E-state index in [1.807, 2.05) is 23.5 Å². The number of hydrogen-bond acceptors (Lipinski definition) is 1. The molecule has 1 N–H and O–H groups in total. The van der Waals surface area contributed by atoms with Gasteiger partial charge in [0.05, 0.1) is 0 Å². The Hall–Kier alpha value is -2.84. The smallest absolute Gasteiger partial charge is 0.0471 e. The molecule has 0 fully saturated rings. The van der Waals surface area contributed by atoms with Gasteiger partial charge >= 0.3 is 0 Å². The molecule has 114 valence electrons. The van der Waals surface area contributed by atoms with Crippen LogP contribution in [0.25, 0.3) is 54.0 Å². The Morgan fingerprint density at radius 2 is 1.71 bits per heavy atom. The molecule has 0 radical (unpaired) electrons. The van der Waals surface area contributed by atoms with Crippen LogP contribution in [0.4, 0.5) is 0 Å². The molecule has 1 nitrogen and oxygen atoms in total. The first-order valence-electron chi connectivity index (χ1n) is 7.94. The van der Waals surface area contributed by atoms with E-state index in [4.69, 9.17) is 0 Å². The van der Waals surface area contributed by atoms with Crippen molar-refractivity contribution in [1.82, 2.24) is 4.98 Å². The van der Waals surface area contributed by atoms with Crippen molar-refractivity contribution >= 4 is 65.3 Å². The number of H-pyrrole nitrogens is 1. The topological polar surface area (TPSA) is 15.8 Å². The van der Waals surface area contributed by atoms with E-state index >= 15 is 0 Å². The molecule has 0 bridgehead atoms. The summed E-state index contributed by atoms with van der Waals surface area (Å²) >= 11 is 1.86. The molecule has 0 atom stereocenters. The Kier molecular flexibility index (Phi) is 2.73. The third-order valence-electron chi connectivity index (χ3n) is 4.75. The lowest BCUT2D eigenvalue weighted by molar-refractivity contribution is 1.43.